The molecule has 1 fully saturated rings. The van der Waals surface area contributed by atoms with E-state index in [1.807, 2.05) is 74.3 Å². The summed E-state index contributed by atoms with van der Waals surface area (Å²) in [5.74, 6) is 4.85. The molecule has 4 N–H and O–H groups in total. The molecule has 0 saturated carbocycles. The number of piperidine rings is 1. The first kappa shape index (κ1) is 32.5. The summed E-state index contributed by atoms with van der Waals surface area (Å²) in [5.41, 5.74) is 0.419. The van der Waals surface area contributed by atoms with Crippen LogP contribution in [0, 0.1) is 0 Å². The number of hydrogen-bond donors (Lipinski definition) is 3. The Bertz CT molecular complexity index is 1030. The van der Waals surface area contributed by atoms with Crippen molar-refractivity contribution in [2.75, 3.05) is 12.4 Å². The number of carbonyl (C=O) groups excluding carboxylic acids is 3. The van der Waals surface area contributed by atoms with Crippen LogP contribution >= 0.6 is 0 Å². The third-order valence-corrected chi connectivity index (χ3v) is 7.05. The van der Waals surface area contributed by atoms with Gasteiger partial charge in [0.05, 0.1) is 7.11 Å². The van der Waals surface area contributed by atoms with Crippen molar-refractivity contribution in [3.05, 3.63) is 23.3 Å². The first-order valence-corrected chi connectivity index (χ1v) is 13.4. The van der Waals surface area contributed by atoms with Gasteiger partial charge in [0, 0.05) is 53.6 Å². The lowest BCUT2D eigenvalue weighted by Crippen LogP contribution is -2.62. The zero-order valence-corrected chi connectivity index (χ0v) is 25.5. The summed E-state index contributed by atoms with van der Waals surface area (Å²) in [5, 5.41) is 16.0. The Kier molecular flexibility index (Phi) is 9.53. The minimum Gasteiger partial charge on any atom is -0.507 e. The van der Waals surface area contributed by atoms with Crippen LogP contribution < -0.4 is 11.2 Å². The predicted octanol–water partition coefficient (Wildman–Crippen LogP) is 5.13. The summed E-state index contributed by atoms with van der Waals surface area (Å²) in [7, 11) is 1.61. The molecule has 1 heterocycles. The number of hydrogen-bond acceptors (Lipinski definition) is 8. The lowest BCUT2D eigenvalue weighted by molar-refractivity contribution is -0.276. The van der Waals surface area contributed by atoms with Crippen molar-refractivity contribution in [2.24, 2.45) is 5.84 Å². The van der Waals surface area contributed by atoms with Crippen molar-refractivity contribution >= 4 is 23.6 Å². The number of benzene rings is 1. The van der Waals surface area contributed by atoms with Gasteiger partial charge >= 0.3 is 6.09 Å². The molecule has 2 rings (SSSR count). The Morgan fingerprint density at radius 1 is 1.00 bits per heavy atom. The maximum atomic E-state index is 12.7. The quantitative estimate of drug-likeness (QED) is 0.193. The minimum absolute atomic E-state index is 0.178. The minimum atomic E-state index is -0.953. The van der Waals surface area contributed by atoms with Gasteiger partial charge in [-0.15, -0.1) is 0 Å². The molecule has 1 aliphatic heterocycles. The lowest BCUT2D eigenvalue weighted by Gasteiger charge is -2.52. The Morgan fingerprint density at radius 2 is 1.46 bits per heavy atom. The van der Waals surface area contributed by atoms with Gasteiger partial charge in [0.2, 0.25) is 11.8 Å². The topological polar surface area (TPSA) is 134 Å². The van der Waals surface area contributed by atoms with Crippen LogP contribution in [0.5, 0.6) is 5.75 Å². The molecule has 0 bridgehead atoms. The van der Waals surface area contributed by atoms with Crippen LogP contribution in [0.3, 0.4) is 0 Å². The van der Waals surface area contributed by atoms with Crippen molar-refractivity contribution in [3.8, 4) is 5.75 Å². The van der Waals surface area contributed by atoms with Crippen LogP contribution in [0.25, 0.3) is 0 Å². The zero-order chi connectivity index (χ0) is 30.1. The third kappa shape index (κ3) is 7.93. The number of nitrogens with one attached hydrogen (secondary N) is 1. The fourth-order valence-corrected chi connectivity index (χ4v) is 5.46. The van der Waals surface area contributed by atoms with E-state index in [9.17, 15) is 19.5 Å². The number of nitrogens with two attached hydrogens (primary N) is 1. The fraction of sp³-hybridized carbons (Fsp3) is 0.690. The average molecular weight is 549 g/mol. The number of rotatable bonds is 6. The average Bonchev–Trinajstić information content (AvgIpc) is 2.74. The SMILES string of the molecule is CON1C(C)(C)CC(OC(=O)N(N)C(=O)CCC(=O)Nc2cc(C(C)(C)C)c(O)c(C(C)(C)C)c2)CC1(C)C. The van der Waals surface area contributed by atoms with E-state index < -0.39 is 35.1 Å². The molecule has 10 heteroatoms. The number of ether oxygens (including phenoxy) is 1. The molecule has 0 aliphatic carbocycles. The second-order valence-corrected chi connectivity index (χ2v) is 13.7. The Hall–Kier alpha value is -2.69. The molecule has 0 radical (unpaired) electrons. The molecule has 1 saturated heterocycles. The van der Waals surface area contributed by atoms with Gasteiger partial charge < -0.3 is 20.0 Å². The molecule has 1 aromatic carbocycles. The molecule has 1 aromatic rings. The number of carbonyl (C=O) groups is 3. The van der Waals surface area contributed by atoms with Crippen LogP contribution in [0.4, 0.5) is 10.5 Å². The molecule has 0 spiro atoms. The van der Waals surface area contributed by atoms with E-state index in [1.165, 1.54) is 0 Å². The molecule has 1 aliphatic rings. The second kappa shape index (κ2) is 11.4. The largest absolute Gasteiger partial charge is 0.507 e. The van der Waals surface area contributed by atoms with Crippen molar-refractivity contribution in [1.82, 2.24) is 10.1 Å². The molecule has 10 nitrogen and oxygen atoms in total. The number of hydroxylamine groups is 2. The van der Waals surface area contributed by atoms with Crippen LogP contribution in [-0.2, 0) is 30.0 Å². The molecule has 0 atom stereocenters. The normalized spacial score (nSPS) is 17.9. The van der Waals surface area contributed by atoms with Gasteiger partial charge in [-0.1, -0.05) is 41.5 Å². The molecular weight excluding hydrogens is 500 g/mol. The Morgan fingerprint density at radius 3 is 1.87 bits per heavy atom. The number of imide groups is 1. The van der Waals surface area contributed by atoms with Gasteiger partial charge in [0.25, 0.3) is 0 Å². The van der Waals surface area contributed by atoms with E-state index in [-0.39, 0.29) is 29.4 Å². The van der Waals surface area contributed by atoms with Crippen LogP contribution in [0.1, 0.15) is 106 Å². The van der Waals surface area contributed by atoms with E-state index in [0.29, 0.717) is 34.7 Å². The van der Waals surface area contributed by atoms with Gasteiger partial charge in [-0.25, -0.2) is 10.6 Å². The monoisotopic (exact) mass is 548 g/mol. The van der Waals surface area contributed by atoms with Crippen LogP contribution in [-0.4, -0.2) is 57.4 Å². The molecule has 0 unspecified atom stereocenters. The Balaban J connectivity index is 2.03. The first-order chi connectivity index (χ1) is 17.6. The standard InChI is InChI=1S/C29H48N4O6/c1-26(2,3)20-14-18(15-21(24(20)36)27(4,5)6)31-22(34)12-13-23(35)32(30)25(37)39-19-16-28(7,8)33(38-11)29(9,10)17-19/h14-15,19,36H,12-13,16-17,30H2,1-11H3,(H,31,34). The van der Waals surface area contributed by atoms with Crippen molar-refractivity contribution < 1.29 is 29.1 Å². The van der Waals surface area contributed by atoms with Gasteiger partial charge in [0.15, 0.2) is 0 Å². The molecular formula is C29H48N4O6. The fourth-order valence-electron chi connectivity index (χ4n) is 5.46. The van der Waals surface area contributed by atoms with Crippen molar-refractivity contribution in [3.63, 3.8) is 0 Å². The summed E-state index contributed by atoms with van der Waals surface area (Å²) >= 11 is 0. The number of phenolic OH excluding ortho intramolecular Hbond substituents is 1. The number of hydrazine groups is 1. The third-order valence-electron chi connectivity index (χ3n) is 7.05. The highest BCUT2D eigenvalue weighted by molar-refractivity contribution is 5.96. The molecule has 0 aromatic heterocycles. The van der Waals surface area contributed by atoms with Crippen molar-refractivity contribution in [1.29, 1.82) is 0 Å². The smallest absolute Gasteiger partial charge is 0.431 e. The number of phenols is 1. The highest BCUT2D eigenvalue weighted by atomic mass is 16.7. The van der Waals surface area contributed by atoms with E-state index in [2.05, 4.69) is 5.32 Å². The zero-order valence-electron chi connectivity index (χ0n) is 25.5. The number of nitrogens with zero attached hydrogens (tertiary/aromatic N) is 2. The molecule has 220 valence electrons. The summed E-state index contributed by atoms with van der Waals surface area (Å²) in [6.45, 7) is 19.9. The summed E-state index contributed by atoms with van der Waals surface area (Å²) in [6, 6.07) is 3.49. The highest BCUT2D eigenvalue weighted by Gasteiger charge is 2.47. The maximum Gasteiger partial charge on any atom is 0.431 e. The number of anilines is 1. The van der Waals surface area contributed by atoms with Crippen molar-refractivity contribution in [2.45, 2.75) is 123 Å². The first-order valence-electron chi connectivity index (χ1n) is 13.4. The Labute approximate surface area is 233 Å². The second-order valence-electron chi connectivity index (χ2n) is 13.7. The summed E-state index contributed by atoms with van der Waals surface area (Å²) in [6.07, 6.45) is -0.860. The van der Waals surface area contributed by atoms with E-state index in [4.69, 9.17) is 15.4 Å². The van der Waals surface area contributed by atoms with Gasteiger partial charge in [0.1, 0.15) is 11.9 Å². The lowest BCUT2D eigenvalue weighted by atomic mass is 9.79. The summed E-state index contributed by atoms with van der Waals surface area (Å²) < 4.78 is 5.58. The molecule has 39 heavy (non-hydrogen) atoms. The number of aromatic hydroxyl groups is 1. The van der Waals surface area contributed by atoms with E-state index >= 15 is 0 Å². The highest BCUT2D eigenvalue weighted by Crippen LogP contribution is 2.41. The van der Waals surface area contributed by atoms with Gasteiger partial charge in [-0.2, -0.15) is 10.1 Å². The number of amides is 3. The van der Waals surface area contributed by atoms with Crippen LogP contribution in [0.2, 0.25) is 0 Å². The van der Waals surface area contributed by atoms with E-state index in [1.54, 1.807) is 19.2 Å². The molecule has 3 amide bonds. The predicted molar refractivity (Wildman–Crippen MR) is 151 cm³/mol. The maximum absolute atomic E-state index is 12.7. The van der Waals surface area contributed by atoms with E-state index in [0.717, 1.165) is 0 Å². The summed E-state index contributed by atoms with van der Waals surface area (Å²) in [4.78, 5) is 43.5. The van der Waals surface area contributed by atoms with Gasteiger partial charge in [-0.05, 0) is 50.7 Å². The van der Waals surface area contributed by atoms with Gasteiger partial charge in [-0.3, -0.25) is 9.59 Å². The van der Waals surface area contributed by atoms with Crippen LogP contribution in [0.15, 0.2) is 12.1 Å².